The molecule has 0 saturated carbocycles. The van der Waals surface area contributed by atoms with Crippen LogP contribution in [0.5, 0.6) is 0 Å². The van der Waals surface area contributed by atoms with Crippen LogP contribution in [-0.2, 0) is 30.5 Å². The Hall–Kier alpha value is -4.20. The van der Waals surface area contributed by atoms with E-state index in [1.54, 1.807) is 18.7 Å². The first kappa shape index (κ1) is 42.5. The predicted octanol–water partition coefficient (Wildman–Crippen LogP) is 2.67. The fraction of sp³-hybridized carbons (Fsp3) is 0.700. The van der Waals surface area contributed by atoms with Crippen molar-refractivity contribution in [3.8, 4) is 0 Å². The number of hydrogen-bond acceptors (Lipinski definition) is 7. The molecule has 3 aliphatic rings. The third-order valence-corrected chi connectivity index (χ3v) is 11.5. The van der Waals surface area contributed by atoms with Crippen molar-refractivity contribution in [3.63, 3.8) is 0 Å². The molecule has 0 aliphatic carbocycles. The van der Waals surface area contributed by atoms with E-state index >= 15 is 0 Å². The van der Waals surface area contributed by atoms with Gasteiger partial charge in [0.1, 0.15) is 23.7 Å². The summed E-state index contributed by atoms with van der Waals surface area (Å²) in [5.74, 6) is -3.39. The molecule has 4 rings (SSSR count). The molecule has 0 bridgehead atoms. The summed E-state index contributed by atoms with van der Waals surface area (Å²) in [6, 6.07) is 6.76. The van der Waals surface area contributed by atoms with Gasteiger partial charge in [0.25, 0.3) is 0 Å². The molecule has 0 spiro atoms. The maximum absolute atomic E-state index is 14.1. The lowest BCUT2D eigenvalue weighted by atomic mass is 9.86. The number of rotatable bonds is 16. The lowest BCUT2D eigenvalue weighted by Crippen LogP contribution is -2.63. The zero-order valence-corrected chi connectivity index (χ0v) is 33.0. The number of carbonyl (C=O) groups excluding carboxylic acids is 6. The van der Waals surface area contributed by atoms with Gasteiger partial charge in [0.15, 0.2) is 0 Å². The van der Waals surface area contributed by atoms with Crippen LogP contribution in [0, 0.1) is 17.8 Å². The summed E-state index contributed by atoms with van der Waals surface area (Å²) < 4.78 is 0. The summed E-state index contributed by atoms with van der Waals surface area (Å²) in [7, 11) is 0. The second-order valence-electron chi connectivity index (χ2n) is 16.3. The zero-order valence-electron chi connectivity index (χ0n) is 33.0. The SMILES string of the molecule is CC[C@@](C)(NC(=O)[C@H](CC(C)C)[C@H](O)C[C@H]1CCCN1C(=O)NCc1ccccc1)C(=O)N[C@H](C(=O)N1CCC[C@@H]1C(=O)N1CCC[C@@H]1C(N)=O)C(C)C. The summed E-state index contributed by atoms with van der Waals surface area (Å²) in [5.41, 5.74) is 5.13. The third-order valence-electron chi connectivity index (χ3n) is 11.5. The van der Waals surface area contributed by atoms with Crippen molar-refractivity contribution in [2.75, 3.05) is 19.6 Å². The maximum atomic E-state index is 14.1. The van der Waals surface area contributed by atoms with E-state index in [1.807, 2.05) is 58.0 Å². The molecule has 0 radical (unpaired) electrons. The molecule has 3 saturated heterocycles. The number of aliphatic hydroxyl groups excluding tert-OH is 1. The van der Waals surface area contributed by atoms with Crippen LogP contribution >= 0.6 is 0 Å². The molecule has 54 heavy (non-hydrogen) atoms. The fourth-order valence-corrected chi connectivity index (χ4v) is 8.08. The van der Waals surface area contributed by atoms with Gasteiger partial charge in [-0.25, -0.2) is 4.79 Å². The number of urea groups is 1. The molecule has 3 aliphatic heterocycles. The van der Waals surface area contributed by atoms with Crippen LogP contribution in [0.4, 0.5) is 4.79 Å². The molecule has 14 nitrogen and oxygen atoms in total. The van der Waals surface area contributed by atoms with Gasteiger partial charge in [-0.1, -0.05) is 65.0 Å². The molecule has 1 aromatic carbocycles. The van der Waals surface area contributed by atoms with Gasteiger partial charge in [-0.3, -0.25) is 24.0 Å². The molecule has 0 unspecified atom stereocenters. The standard InChI is InChI=1S/C40H63N7O7/c1-7-40(6,38(53)43-33(26(4)5)37(52)47-21-13-18-31(47)36(51)46-20-12-17-30(46)34(41)49)44-35(50)29(22-25(2)3)32(48)23-28-16-11-19-45(28)39(54)42-24-27-14-9-8-10-15-27/h8-10,14-15,25-26,28-33,48H,7,11-13,16-24H2,1-6H3,(H2,41,49)(H,42,54)(H,43,53)(H,44,50)/t28-,29-,30-,31-,32-,33+,40-/m1/s1. The van der Waals surface area contributed by atoms with E-state index in [0.29, 0.717) is 64.7 Å². The number of nitrogens with one attached hydrogen (secondary N) is 3. The van der Waals surface area contributed by atoms with Gasteiger partial charge >= 0.3 is 6.03 Å². The lowest BCUT2D eigenvalue weighted by Gasteiger charge is -2.36. The Bertz CT molecular complexity index is 1490. The fourth-order valence-electron chi connectivity index (χ4n) is 8.08. The van der Waals surface area contributed by atoms with Crippen LogP contribution in [0.1, 0.15) is 105 Å². The van der Waals surface area contributed by atoms with Crippen LogP contribution in [0.2, 0.25) is 0 Å². The number of aliphatic hydroxyl groups is 1. The summed E-state index contributed by atoms with van der Waals surface area (Å²) >= 11 is 0. The molecule has 1 aromatic rings. The van der Waals surface area contributed by atoms with Gasteiger partial charge < -0.3 is 41.5 Å². The Morgan fingerprint density at radius 1 is 0.889 bits per heavy atom. The number of nitrogens with zero attached hydrogens (tertiary/aromatic N) is 3. The molecule has 14 heteroatoms. The van der Waals surface area contributed by atoms with Crippen LogP contribution < -0.4 is 21.7 Å². The Morgan fingerprint density at radius 3 is 2.11 bits per heavy atom. The van der Waals surface area contributed by atoms with Crippen molar-refractivity contribution in [1.29, 1.82) is 0 Å². The largest absolute Gasteiger partial charge is 0.392 e. The Labute approximate surface area is 320 Å². The molecule has 7 atom stereocenters. The van der Waals surface area contributed by atoms with E-state index in [2.05, 4.69) is 16.0 Å². The molecule has 6 N–H and O–H groups in total. The Morgan fingerprint density at radius 2 is 1.50 bits per heavy atom. The van der Waals surface area contributed by atoms with Crippen LogP contribution in [0.3, 0.4) is 0 Å². The molecule has 3 fully saturated rings. The molecular formula is C40H63N7O7. The topological polar surface area (TPSA) is 194 Å². The average Bonchev–Trinajstić information content (AvgIpc) is 3.93. The van der Waals surface area contributed by atoms with Crippen molar-refractivity contribution < 1.29 is 33.9 Å². The van der Waals surface area contributed by atoms with E-state index in [9.17, 15) is 33.9 Å². The van der Waals surface area contributed by atoms with Gasteiger partial charge in [-0.15, -0.1) is 0 Å². The number of carbonyl (C=O) groups is 6. The van der Waals surface area contributed by atoms with Crippen molar-refractivity contribution >= 4 is 35.6 Å². The van der Waals surface area contributed by atoms with Crippen molar-refractivity contribution in [2.45, 2.75) is 142 Å². The van der Waals surface area contributed by atoms with Gasteiger partial charge in [0, 0.05) is 32.2 Å². The number of likely N-dealkylation sites (tertiary alicyclic amines) is 3. The van der Waals surface area contributed by atoms with E-state index in [0.717, 1.165) is 12.0 Å². The number of benzene rings is 1. The molecule has 300 valence electrons. The second-order valence-corrected chi connectivity index (χ2v) is 16.3. The van der Waals surface area contributed by atoms with Crippen LogP contribution in [0.25, 0.3) is 0 Å². The summed E-state index contributed by atoms with van der Waals surface area (Å²) in [4.78, 5) is 85.7. The highest BCUT2D eigenvalue weighted by Gasteiger charge is 2.45. The minimum Gasteiger partial charge on any atom is -0.392 e. The first-order valence-corrected chi connectivity index (χ1v) is 19.9. The maximum Gasteiger partial charge on any atom is 0.317 e. The Balaban J connectivity index is 1.42. The number of nitrogens with two attached hydrogens (primary N) is 1. The van der Waals surface area contributed by atoms with Gasteiger partial charge in [0.05, 0.1) is 12.0 Å². The predicted molar refractivity (Wildman–Crippen MR) is 204 cm³/mol. The van der Waals surface area contributed by atoms with Crippen LogP contribution in [0.15, 0.2) is 30.3 Å². The monoisotopic (exact) mass is 753 g/mol. The number of amides is 7. The van der Waals surface area contributed by atoms with E-state index in [1.165, 1.54) is 9.80 Å². The highest BCUT2D eigenvalue weighted by atomic mass is 16.3. The number of primary amides is 1. The quantitative estimate of drug-likeness (QED) is 0.171. The van der Waals surface area contributed by atoms with Crippen molar-refractivity contribution in [3.05, 3.63) is 35.9 Å². The first-order valence-electron chi connectivity index (χ1n) is 19.9. The first-order chi connectivity index (χ1) is 25.6. The van der Waals surface area contributed by atoms with Gasteiger partial charge in [0.2, 0.25) is 29.5 Å². The van der Waals surface area contributed by atoms with Crippen LogP contribution in [-0.4, -0.2) is 111 Å². The molecule has 3 heterocycles. The lowest BCUT2D eigenvalue weighted by molar-refractivity contribution is -0.148. The normalized spacial score (nSPS) is 22.8. The summed E-state index contributed by atoms with van der Waals surface area (Å²) in [6.45, 7) is 12.6. The minimum absolute atomic E-state index is 0.0591. The Kier molecular flexibility index (Phi) is 14.9. The third kappa shape index (κ3) is 10.3. The van der Waals surface area contributed by atoms with Crippen molar-refractivity contribution in [2.24, 2.45) is 23.5 Å². The highest BCUT2D eigenvalue weighted by Crippen LogP contribution is 2.29. The number of hydrogen-bond donors (Lipinski definition) is 5. The zero-order chi connectivity index (χ0) is 39.7. The average molecular weight is 754 g/mol. The summed E-state index contributed by atoms with van der Waals surface area (Å²) in [6.07, 6.45) is 3.44. The van der Waals surface area contributed by atoms with Crippen molar-refractivity contribution in [1.82, 2.24) is 30.7 Å². The van der Waals surface area contributed by atoms with Gasteiger partial charge in [-0.05, 0) is 82.1 Å². The molecular weight excluding hydrogens is 690 g/mol. The van der Waals surface area contributed by atoms with E-state index < -0.39 is 59.3 Å². The molecule has 7 amide bonds. The van der Waals surface area contributed by atoms with E-state index in [-0.39, 0.29) is 42.7 Å². The molecule has 0 aromatic heterocycles. The van der Waals surface area contributed by atoms with Gasteiger partial charge in [-0.2, -0.15) is 0 Å². The smallest absolute Gasteiger partial charge is 0.317 e. The minimum atomic E-state index is -1.42. The summed E-state index contributed by atoms with van der Waals surface area (Å²) in [5, 5.41) is 20.4. The second kappa shape index (κ2) is 18.9. The highest BCUT2D eigenvalue weighted by molar-refractivity contribution is 5.97. The van der Waals surface area contributed by atoms with E-state index in [4.69, 9.17) is 5.73 Å².